The molecule has 4 rings (SSSR count). The molecular weight excluding hydrogens is 510 g/mol. The van der Waals surface area contributed by atoms with Crippen molar-refractivity contribution in [3.05, 3.63) is 93.3 Å². The van der Waals surface area contributed by atoms with E-state index >= 15 is 0 Å². The van der Waals surface area contributed by atoms with E-state index in [4.69, 9.17) is 33.3 Å². The van der Waals surface area contributed by atoms with Gasteiger partial charge in [0.1, 0.15) is 11.5 Å². The molecule has 1 amide bonds. The van der Waals surface area contributed by atoms with Gasteiger partial charge in [0.05, 0.1) is 23.8 Å². The first-order chi connectivity index (χ1) is 17.3. The minimum atomic E-state index is -0.158. The highest BCUT2D eigenvalue weighted by Crippen LogP contribution is 2.37. The summed E-state index contributed by atoms with van der Waals surface area (Å²) >= 11 is 13.0. The Bertz CT molecular complexity index is 1290. The summed E-state index contributed by atoms with van der Waals surface area (Å²) in [6.07, 6.45) is 2.51. The maximum Gasteiger partial charge on any atom is 0.270 e. The molecule has 0 bridgehead atoms. The normalized spacial score (nSPS) is 14.7. The Morgan fingerprint density at radius 2 is 1.72 bits per heavy atom. The molecule has 0 aromatic heterocycles. The summed E-state index contributed by atoms with van der Waals surface area (Å²) in [5.41, 5.74) is 3.86. The molecule has 0 spiro atoms. The second-order valence-electron chi connectivity index (χ2n) is 8.78. The van der Waals surface area contributed by atoms with Crippen LogP contribution in [0.5, 0.6) is 11.5 Å². The number of aryl methyl sites for hydroxylation is 1. The van der Waals surface area contributed by atoms with Crippen LogP contribution in [0.4, 0.5) is 5.69 Å². The van der Waals surface area contributed by atoms with Crippen LogP contribution in [0.2, 0.25) is 5.02 Å². The molecule has 1 heterocycles. The largest absolute Gasteiger partial charge is 0.493 e. The number of benzene rings is 3. The van der Waals surface area contributed by atoms with Gasteiger partial charge in [0.15, 0.2) is 4.32 Å². The molecule has 1 fully saturated rings. The van der Waals surface area contributed by atoms with Crippen LogP contribution < -0.4 is 14.4 Å². The van der Waals surface area contributed by atoms with Gasteiger partial charge in [-0.15, -0.1) is 0 Å². The Balaban J connectivity index is 1.41. The number of amides is 1. The molecule has 4 nitrogen and oxygen atoms in total. The smallest absolute Gasteiger partial charge is 0.270 e. The van der Waals surface area contributed by atoms with Crippen LogP contribution in [0, 0.1) is 6.92 Å². The van der Waals surface area contributed by atoms with Crippen molar-refractivity contribution in [2.75, 3.05) is 18.1 Å². The zero-order valence-corrected chi connectivity index (χ0v) is 22.9. The fraction of sp³-hybridized carbons (Fsp3) is 0.241. The van der Waals surface area contributed by atoms with Crippen LogP contribution in [-0.2, 0) is 4.79 Å². The first kappa shape index (κ1) is 26.3. The molecule has 3 aromatic carbocycles. The topological polar surface area (TPSA) is 38.8 Å². The van der Waals surface area contributed by atoms with Crippen LogP contribution in [-0.4, -0.2) is 23.4 Å². The summed E-state index contributed by atoms with van der Waals surface area (Å²) in [7, 11) is 0. The fourth-order valence-corrected chi connectivity index (χ4v) is 5.31. The minimum Gasteiger partial charge on any atom is -0.493 e. The monoisotopic (exact) mass is 537 g/mol. The molecule has 0 aliphatic carbocycles. The van der Waals surface area contributed by atoms with Crippen molar-refractivity contribution in [3.8, 4) is 11.5 Å². The van der Waals surface area contributed by atoms with Gasteiger partial charge in [-0.1, -0.05) is 79.8 Å². The van der Waals surface area contributed by atoms with Crippen molar-refractivity contribution >= 4 is 57.6 Å². The molecule has 1 aliphatic rings. The molecule has 36 heavy (non-hydrogen) atoms. The molecule has 0 saturated carbocycles. The molecule has 0 radical (unpaired) electrons. The number of halogens is 1. The number of rotatable bonds is 9. The summed E-state index contributed by atoms with van der Waals surface area (Å²) in [5.74, 6) is 1.82. The number of thioether (sulfide) groups is 1. The molecule has 0 unspecified atom stereocenters. The average molecular weight is 538 g/mol. The third-order valence-corrected chi connectivity index (χ3v) is 7.20. The highest BCUT2D eigenvalue weighted by Gasteiger charge is 2.33. The van der Waals surface area contributed by atoms with Crippen molar-refractivity contribution < 1.29 is 14.3 Å². The standard InChI is InChI=1S/C29H28ClNO3S2/c1-19(2)24-12-10-20(3)16-26(24)34-15-7-14-33-25-13-11-22(30)17-21(25)18-27-28(32)31(29(35)36-27)23-8-5-4-6-9-23/h4-6,8-13,16-19H,7,14-15H2,1-3H3/b27-18-. The molecule has 1 saturated heterocycles. The number of nitrogens with zero attached hydrogens (tertiary/aromatic N) is 1. The number of hydrogen-bond donors (Lipinski definition) is 0. The average Bonchev–Trinajstić information content (AvgIpc) is 3.13. The van der Waals surface area contributed by atoms with Crippen LogP contribution in [0.3, 0.4) is 0 Å². The van der Waals surface area contributed by atoms with E-state index in [1.54, 1.807) is 23.1 Å². The lowest BCUT2D eigenvalue weighted by Crippen LogP contribution is -2.27. The third kappa shape index (κ3) is 6.30. The van der Waals surface area contributed by atoms with Gasteiger partial charge >= 0.3 is 0 Å². The molecule has 1 aliphatic heterocycles. The number of para-hydroxylation sites is 1. The van der Waals surface area contributed by atoms with Gasteiger partial charge in [0.25, 0.3) is 5.91 Å². The first-order valence-corrected chi connectivity index (χ1v) is 13.4. The zero-order chi connectivity index (χ0) is 25.7. The fourth-order valence-electron chi connectivity index (χ4n) is 3.84. The predicted octanol–water partition coefficient (Wildman–Crippen LogP) is 8.03. The number of carbonyl (C=O) groups excluding carboxylic acids is 1. The van der Waals surface area contributed by atoms with Gasteiger partial charge < -0.3 is 9.47 Å². The van der Waals surface area contributed by atoms with E-state index in [1.165, 1.54) is 22.9 Å². The van der Waals surface area contributed by atoms with Crippen LogP contribution in [0.25, 0.3) is 6.08 Å². The van der Waals surface area contributed by atoms with Crippen molar-refractivity contribution in [3.63, 3.8) is 0 Å². The molecule has 3 aromatic rings. The minimum absolute atomic E-state index is 0.158. The highest BCUT2D eigenvalue weighted by molar-refractivity contribution is 8.27. The number of hydrogen-bond acceptors (Lipinski definition) is 5. The molecular formula is C29H28ClNO3S2. The van der Waals surface area contributed by atoms with Gasteiger partial charge in [0, 0.05) is 17.0 Å². The highest BCUT2D eigenvalue weighted by atomic mass is 35.5. The van der Waals surface area contributed by atoms with E-state index < -0.39 is 0 Å². The van der Waals surface area contributed by atoms with Gasteiger partial charge in [-0.3, -0.25) is 9.69 Å². The van der Waals surface area contributed by atoms with Gasteiger partial charge in [0.2, 0.25) is 0 Å². The lowest BCUT2D eigenvalue weighted by Gasteiger charge is -2.15. The second kappa shape index (κ2) is 12.0. The molecule has 0 N–H and O–H groups in total. The molecule has 0 atom stereocenters. The number of ether oxygens (including phenoxy) is 2. The Morgan fingerprint density at radius 3 is 2.44 bits per heavy atom. The van der Waals surface area contributed by atoms with Crippen molar-refractivity contribution in [2.45, 2.75) is 33.1 Å². The van der Waals surface area contributed by atoms with Crippen LogP contribution in [0.15, 0.2) is 71.6 Å². The number of carbonyl (C=O) groups is 1. The lowest BCUT2D eigenvalue weighted by atomic mass is 10.0. The Hall–Kier alpha value is -2.80. The Labute approximate surface area is 227 Å². The predicted molar refractivity (Wildman–Crippen MR) is 154 cm³/mol. The molecule has 186 valence electrons. The summed E-state index contributed by atoms with van der Waals surface area (Å²) in [5, 5.41) is 0.566. The maximum atomic E-state index is 13.1. The second-order valence-corrected chi connectivity index (χ2v) is 10.9. The lowest BCUT2D eigenvalue weighted by molar-refractivity contribution is -0.113. The summed E-state index contributed by atoms with van der Waals surface area (Å²) < 4.78 is 12.6. The van der Waals surface area contributed by atoms with E-state index in [2.05, 4.69) is 39.0 Å². The van der Waals surface area contributed by atoms with Gasteiger partial charge in [-0.2, -0.15) is 0 Å². The zero-order valence-electron chi connectivity index (χ0n) is 20.5. The van der Waals surface area contributed by atoms with Crippen LogP contribution in [0.1, 0.15) is 42.9 Å². The maximum absolute atomic E-state index is 13.1. The third-order valence-electron chi connectivity index (χ3n) is 5.66. The summed E-state index contributed by atoms with van der Waals surface area (Å²) in [6.45, 7) is 7.40. The van der Waals surface area contributed by atoms with Gasteiger partial charge in [-0.05, 0) is 66.4 Å². The van der Waals surface area contributed by atoms with Crippen LogP contribution >= 0.6 is 35.6 Å². The first-order valence-electron chi connectivity index (χ1n) is 11.8. The van der Waals surface area contributed by atoms with Crippen molar-refractivity contribution in [1.82, 2.24) is 0 Å². The Kier molecular flexibility index (Phi) is 8.72. The van der Waals surface area contributed by atoms with Gasteiger partial charge in [-0.25, -0.2) is 0 Å². The van der Waals surface area contributed by atoms with E-state index in [0.29, 0.717) is 45.6 Å². The summed E-state index contributed by atoms with van der Waals surface area (Å²) in [6, 6.07) is 21.1. The van der Waals surface area contributed by atoms with E-state index in [0.717, 1.165) is 17.0 Å². The van der Waals surface area contributed by atoms with Crippen molar-refractivity contribution in [1.29, 1.82) is 0 Å². The number of thiocarbonyl (C=S) groups is 1. The molecule has 7 heteroatoms. The SMILES string of the molecule is Cc1ccc(C(C)C)c(OCCCOc2ccc(Cl)cc2/C=C2\SC(=S)N(c3ccccc3)C2=O)c1. The Morgan fingerprint density at radius 1 is 1.00 bits per heavy atom. The quantitative estimate of drug-likeness (QED) is 0.157. The van der Waals surface area contributed by atoms with E-state index in [-0.39, 0.29) is 5.91 Å². The van der Waals surface area contributed by atoms with E-state index in [9.17, 15) is 4.79 Å². The number of anilines is 1. The van der Waals surface area contributed by atoms with E-state index in [1.807, 2.05) is 36.4 Å². The summed E-state index contributed by atoms with van der Waals surface area (Å²) in [4.78, 5) is 15.2. The van der Waals surface area contributed by atoms with Crippen molar-refractivity contribution in [2.24, 2.45) is 0 Å².